The van der Waals surface area contributed by atoms with E-state index in [0.717, 1.165) is 23.2 Å². The zero-order valence-electron chi connectivity index (χ0n) is 22.5. The van der Waals surface area contributed by atoms with Crippen molar-refractivity contribution in [3.8, 4) is 11.6 Å². The number of rotatable bonds is 11. The lowest BCUT2D eigenvalue weighted by molar-refractivity contribution is -0.138. The van der Waals surface area contributed by atoms with Gasteiger partial charge in [-0.2, -0.15) is 13.2 Å². The van der Waals surface area contributed by atoms with Crippen LogP contribution in [0.3, 0.4) is 0 Å². The van der Waals surface area contributed by atoms with Crippen LogP contribution in [-0.2, 0) is 21.0 Å². The minimum absolute atomic E-state index is 0.0175. The summed E-state index contributed by atoms with van der Waals surface area (Å²) >= 11 is 6.08. The number of sulfonamides is 1. The third kappa shape index (κ3) is 6.76. The van der Waals surface area contributed by atoms with Gasteiger partial charge in [0.15, 0.2) is 4.90 Å². The molecular weight excluding hydrogens is 615 g/mol. The molecule has 0 saturated heterocycles. The first-order chi connectivity index (χ1) is 20.4. The van der Waals surface area contributed by atoms with Crippen LogP contribution < -0.4 is 13.8 Å². The van der Waals surface area contributed by atoms with Gasteiger partial charge in [0.05, 0.1) is 30.4 Å². The molecule has 5 rings (SSSR count). The number of hydrogen-bond donors (Lipinski definition) is 2. The van der Waals surface area contributed by atoms with E-state index in [1.807, 2.05) is 0 Å². The van der Waals surface area contributed by atoms with Crippen LogP contribution in [-0.4, -0.2) is 60.2 Å². The van der Waals surface area contributed by atoms with Crippen LogP contribution in [0.25, 0.3) is 12.2 Å². The summed E-state index contributed by atoms with van der Waals surface area (Å²) in [5.74, 6) is -1.12. The minimum Gasteiger partial charge on any atom is -0.486 e. The first kappa shape index (κ1) is 30.7. The smallest absolute Gasteiger partial charge is 0.417 e. The zero-order valence-corrected chi connectivity index (χ0v) is 24.1. The van der Waals surface area contributed by atoms with Gasteiger partial charge >= 0.3 is 12.1 Å². The fourth-order valence-corrected chi connectivity index (χ4v) is 6.45. The molecule has 0 bridgehead atoms. The molecule has 1 aliphatic carbocycles. The molecule has 15 heteroatoms. The Labute approximate surface area is 249 Å². The number of ether oxygens (including phenoxy) is 2. The Bertz CT molecular complexity index is 1660. The Morgan fingerprint density at radius 1 is 1.21 bits per heavy atom. The summed E-state index contributed by atoms with van der Waals surface area (Å²) < 4.78 is 83.1. The van der Waals surface area contributed by atoms with Gasteiger partial charge in [0.25, 0.3) is 15.9 Å². The average Bonchev–Trinajstić information content (AvgIpc) is 3.71. The first-order valence-electron chi connectivity index (χ1n) is 13.3. The summed E-state index contributed by atoms with van der Waals surface area (Å²) in [5, 5.41) is 22.6. The predicted octanol–water partition coefficient (Wildman–Crippen LogP) is 5.25. The number of carbonyl (C=O) groups is 1. The molecule has 1 aromatic heterocycles. The SMILES string of the molecule is O=C(O)CCC1CN(S(=O)(=O)c2cn(C3CC3)nc2OCCO)c2cc(C=Cc3c(Cl)cccc3C(F)(F)F)ccc2O1. The van der Waals surface area contributed by atoms with Crippen molar-refractivity contribution < 1.29 is 46.1 Å². The van der Waals surface area contributed by atoms with Gasteiger partial charge < -0.3 is 19.7 Å². The van der Waals surface area contributed by atoms with Gasteiger partial charge in [0.1, 0.15) is 18.5 Å². The van der Waals surface area contributed by atoms with Gasteiger partial charge in [0.2, 0.25) is 0 Å². The molecule has 1 unspecified atom stereocenters. The van der Waals surface area contributed by atoms with Gasteiger partial charge in [-0.15, -0.1) is 5.10 Å². The number of aromatic nitrogens is 2. The fourth-order valence-electron chi connectivity index (χ4n) is 4.65. The summed E-state index contributed by atoms with van der Waals surface area (Å²) in [4.78, 5) is 11.0. The molecule has 0 amide bonds. The lowest BCUT2D eigenvalue weighted by atomic mass is 10.0. The molecule has 1 saturated carbocycles. The van der Waals surface area contributed by atoms with Gasteiger partial charge in [-0.1, -0.05) is 35.9 Å². The topological polar surface area (TPSA) is 131 Å². The molecule has 2 aliphatic rings. The number of nitrogens with zero attached hydrogens (tertiary/aromatic N) is 3. The second-order valence-corrected chi connectivity index (χ2v) is 12.3. The lowest BCUT2D eigenvalue weighted by Crippen LogP contribution is -2.43. The lowest BCUT2D eigenvalue weighted by Gasteiger charge is -2.35. The first-order valence-corrected chi connectivity index (χ1v) is 15.1. The number of halogens is 4. The van der Waals surface area contributed by atoms with E-state index in [1.165, 1.54) is 53.4 Å². The quantitative estimate of drug-likeness (QED) is 0.272. The molecule has 1 atom stereocenters. The maximum absolute atomic E-state index is 14.2. The second kappa shape index (κ2) is 12.1. The van der Waals surface area contributed by atoms with E-state index in [9.17, 15) is 36.6 Å². The van der Waals surface area contributed by atoms with Crippen LogP contribution in [0.15, 0.2) is 47.5 Å². The second-order valence-electron chi connectivity index (χ2n) is 10.0. The summed E-state index contributed by atoms with van der Waals surface area (Å²) in [6, 6.07) is 7.91. The minimum atomic E-state index is -4.65. The van der Waals surface area contributed by atoms with Crippen molar-refractivity contribution in [1.82, 2.24) is 9.78 Å². The van der Waals surface area contributed by atoms with E-state index >= 15 is 0 Å². The Balaban J connectivity index is 1.56. The number of hydrogen-bond acceptors (Lipinski definition) is 7. The van der Waals surface area contributed by atoms with E-state index in [0.29, 0.717) is 5.56 Å². The maximum Gasteiger partial charge on any atom is 0.417 e. The highest BCUT2D eigenvalue weighted by molar-refractivity contribution is 7.93. The van der Waals surface area contributed by atoms with E-state index in [4.69, 9.17) is 21.1 Å². The molecular formula is C28H27ClF3N3O7S. The highest BCUT2D eigenvalue weighted by Crippen LogP contribution is 2.42. The molecule has 43 heavy (non-hydrogen) atoms. The maximum atomic E-state index is 14.2. The van der Waals surface area contributed by atoms with Crippen LogP contribution in [0.1, 0.15) is 48.4 Å². The van der Waals surface area contributed by atoms with Gasteiger partial charge in [-0.3, -0.25) is 13.8 Å². The van der Waals surface area contributed by atoms with Gasteiger partial charge in [0, 0.05) is 23.2 Å². The number of aliphatic hydroxyl groups excluding tert-OH is 1. The number of aliphatic carboxylic acids is 1. The number of aliphatic hydroxyl groups is 1. The molecule has 230 valence electrons. The van der Waals surface area contributed by atoms with Crippen LogP contribution >= 0.6 is 11.6 Å². The van der Waals surface area contributed by atoms with Crippen molar-refractivity contribution in [2.24, 2.45) is 0 Å². The van der Waals surface area contributed by atoms with Crippen molar-refractivity contribution in [3.63, 3.8) is 0 Å². The molecule has 1 aliphatic heterocycles. The third-order valence-electron chi connectivity index (χ3n) is 6.88. The number of alkyl halides is 3. The molecule has 0 spiro atoms. The average molecular weight is 642 g/mol. The Hall–Kier alpha value is -3.75. The number of benzene rings is 2. The molecule has 2 heterocycles. The third-order valence-corrected chi connectivity index (χ3v) is 8.97. The summed E-state index contributed by atoms with van der Waals surface area (Å²) in [6.45, 7) is -0.806. The Kier molecular flexibility index (Phi) is 8.63. The van der Waals surface area contributed by atoms with E-state index in [-0.39, 0.29) is 71.4 Å². The van der Waals surface area contributed by atoms with Crippen LogP contribution in [0.5, 0.6) is 11.6 Å². The van der Waals surface area contributed by atoms with Crippen molar-refractivity contribution in [3.05, 3.63) is 64.3 Å². The standard InChI is InChI=1S/C28H27ClF3N3O7S/c29-22-3-1-2-21(28(30,31)32)20(22)9-4-17-5-10-24-23(14-17)35(15-19(42-24)8-11-26(37)38)43(39,40)25-16-34(18-6-7-18)33-27(25)41-13-12-36/h1-5,9-10,14,16,18-19,36H,6-8,11-13,15H2,(H,37,38). The van der Waals surface area contributed by atoms with Gasteiger partial charge in [-0.05, 0) is 49.1 Å². The zero-order chi connectivity index (χ0) is 30.9. The normalized spacial score (nSPS) is 17.1. The van der Waals surface area contributed by atoms with Crippen molar-refractivity contribution in [2.75, 3.05) is 24.1 Å². The van der Waals surface area contributed by atoms with Crippen molar-refractivity contribution in [1.29, 1.82) is 0 Å². The molecule has 0 radical (unpaired) electrons. The van der Waals surface area contributed by atoms with Crippen LogP contribution in [0.4, 0.5) is 18.9 Å². The van der Waals surface area contributed by atoms with Crippen molar-refractivity contribution in [2.45, 2.75) is 48.9 Å². The Morgan fingerprint density at radius 3 is 2.65 bits per heavy atom. The molecule has 2 N–H and O–H groups in total. The fraction of sp³-hybridized carbons (Fsp3) is 0.357. The number of anilines is 1. The monoisotopic (exact) mass is 641 g/mol. The van der Waals surface area contributed by atoms with Gasteiger partial charge in [-0.25, -0.2) is 8.42 Å². The predicted molar refractivity (Wildman–Crippen MR) is 151 cm³/mol. The summed E-state index contributed by atoms with van der Waals surface area (Å²) in [5.41, 5.74) is -0.727. The Morgan fingerprint density at radius 2 is 1.98 bits per heavy atom. The molecule has 1 fully saturated rings. The number of carboxylic acid groups (broad SMARTS) is 1. The highest BCUT2D eigenvalue weighted by Gasteiger charge is 2.39. The summed E-state index contributed by atoms with van der Waals surface area (Å²) in [6.07, 6.45) is -0.137. The molecule has 10 nitrogen and oxygen atoms in total. The number of carboxylic acids is 1. The largest absolute Gasteiger partial charge is 0.486 e. The van der Waals surface area contributed by atoms with Crippen molar-refractivity contribution >= 4 is 45.4 Å². The van der Waals surface area contributed by atoms with E-state index in [2.05, 4.69) is 5.10 Å². The number of fused-ring (bicyclic) bond motifs is 1. The van der Waals surface area contributed by atoms with E-state index in [1.54, 1.807) is 0 Å². The molecule has 2 aromatic carbocycles. The summed E-state index contributed by atoms with van der Waals surface area (Å²) in [7, 11) is -4.39. The van der Waals surface area contributed by atoms with Crippen LogP contribution in [0.2, 0.25) is 5.02 Å². The van der Waals surface area contributed by atoms with E-state index < -0.39 is 33.8 Å². The highest BCUT2D eigenvalue weighted by atomic mass is 35.5. The molecule has 3 aromatic rings. The van der Waals surface area contributed by atoms with Crippen LogP contribution in [0, 0.1) is 0 Å².